The van der Waals surface area contributed by atoms with Crippen molar-refractivity contribution in [2.24, 2.45) is 10.9 Å². The molecular formula is C20H33IN4O. The monoisotopic (exact) mass is 472 g/mol. The first-order chi connectivity index (χ1) is 12.2. The molecule has 3 rings (SSSR count). The van der Waals surface area contributed by atoms with E-state index in [1.54, 1.807) is 0 Å². The van der Waals surface area contributed by atoms with Crippen molar-refractivity contribution in [1.82, 2.24) is 15.1 Å². The summed E-state index contributed by atoms with van der Waals surface area (Å²) >= 11 is 0. The predicted octanol–water partition coefficient (Wildman–Crippen LogP) is 2.59. The molecule has 0 amide bonds. The van der Waals surface area contributed by atoms with Crippen LogP contribution < -0.4 is 5.32 Å². The van der Waals surface area contributed by atoms with Crippen LogP contribution in [0.25, 0.3) is 0 Å². The summed E-state index contributed by atoms with van der Waals surface area (Å²) in [4.78, 5) is 9.48. The summed E-state index contributed by atoms with van der Waals surface area (Å²) in [6.07, 6.45) is 1.09. The van der Waals surface area contributed by atoms with Gasteiger partial charge < -0.3 is 15.0 Å². The number of hydrogen-bond donors (Lipinski definition) is 1. The van der Waals surface area contributed by atoms with Gasteiger partial charge in [-0.15, -0.1) is 24.0 Å². The number of nitrogens with one attached hydrogen (secondary N) is 1. The maximum atomic E-state index is 5.51. The lowest BCUT2D eigenvalue weighted by Crippen LogP contribution is -2.53. The smallest absolute Gasteiger partial charge is 0.194 e. The molecule has 1 atom stereocenters. The maximum Gasteiger partial charge on any atom is 0.194 e. The fourth-order valence-electron chi connectivity index (χ4n) is 3.90. The third kappa shape index (κ3) is 5.33. The van der Waals surface area contributed by atoms with Crippen LogP contribution in [0.1, 0.15) is 25.0 Å². The Kier molecular flexibility index (Phi) is 8.63. The van der Waals surface area contributed by atoms with Crippen molar-refractivity contribution in [3.8, 4) is 0 Å². The SMILES string of the molecule is CN=C(NCC(C(C)C)N1CCOCC1)N1CCc2ccccc2C1.I. The summed E-state index contributed by atoms with van der Waals surface area (Å²) in [5.74, 6) is 1.62. The highest BCUT2D eigenvalue weighted by molar-refractivity contribution is 14.0. The average molecular weight is 472 g/mol. The summed E-state index contributed by atoms with van der Waals surface area (Å²) in [7, 11) is 1.89. The summed E-state index contributed by atoms with van der Waals surface area (Å²) in [5, 5.41) is 3.64. The number of rotatable bonds is 4. The molecule has 0 aromatic heterocycles. The number of guanidine groups is 1. The molecule has 6 heteroatoms. The maximum absolute atomic E-state index is 5.51. The molecule has 2 heterocycles. The molecule has 1 unspecified atom stereocenters. The summed E-state index contributed by atoms with van der Waals surface area (Å²) < 4.78 is 5.51. The second-order valence-electron chi connectivity index (χ2n) is 7.33. The highest BCUT2D eigenvalue weighted by atomic mass is 127. The zero-order valence-electron chi connectivity index (χ0n) is 16.3. The Bertz CT molecular complexity index is 587. The Labute approximate surface area is 175 Å². The number of morpholine rings is 1. The van der Waals surface area contributed by atoms with E-state index in [0.717, 1.165) is 58.3 Å². The van der Waals surface area contributed by atoms with E-state index in [1.807, 2.05) is 7.05 Å². The quantitative estimate of drug-likeness (QED) is 0.416. The van der Waals surface area contributed by atoms with Crippen molar-refractivity contribution in [1.29, 1.82) is 0 Å². The highest BCUT2D eigenvalue weighted by Crippen LogP contribution is 2.19. The van der Waals surface area contributed by atoms with Gasteiger partial charge in [-0.25, -0.2) is 0 Å². The van der Waals surface area contributed by atoms with Gasteiger partial charge in [0, 0.05) is 45.8 Å². The zero-order chi connectivity index (χ0) is 17.6. The van der Waals surface area contributed by atoms with Crippen LogP contribution in [0.3, 0.4) is 0 Å². The summed E-state index contributed by atoms with van der Waals surface area (Å²) in [5.41, 5.74) is 2.90. The largest absolute Gasteiger partial charge is 0.379 e. The van der Waals surface area contributed by atoms with Gasteiger partial charge in [0.05, 0.1) is 13.2 Å². The van der Waals surface area contributed by atoms with Gasteiger partial charge in [-0.1, -0.05) is 38.1 Å². The molecule has 0 radical (unpaired) electrons. The second-order valence-corrected chi connectivity index (χ2v) is 7.33. The van der Waals surface area contributed by atoms with Crippen LogP contribution in [0, 0.1) is 5.92 Å². The van der Waals surface area contributed by atoms with Gasteiger partial charge >= 0.3 is 0 Å². The van der Waals surface area contributed by atoms with Gasteiger partial charge in [0.1, 0.15) is 0 Å². The first-order valence-corrected chi connectivity index (χ1v) is 9.53. The van der Waals surface area contributed by atoms with Crippen molar-refractivity contribution in [3.05, 3.63) is 35.4 Å². The van der Waals surface area contributed by atoms with Crippen LogP contribution in [0.4, 0.5) is 0 Å². The van der Waals surface area contributed by atoms with Crippen molar-refractivity contribution in [3.63, 3.8) is 0 Å². The van der Waals surface area contributed by atoms with E-state index < -0.39 is 0 Å². The molecular weight excluding hydrogens is 439 g/mol. The van der Waals surface area contributed by atoms with Gasteiger partial charge in [0.25, 0.3) is 0 Å². The first kappa shape index (κ1) is 21.4. The minimum Gasteiger partial charge on any atom is -0.379 e. The second kappa shape index (κ2) is 10.5. The van der Waals surface area contributed by atoms with Crippen LogP contribution in [-0.4, -0.2) is 68.2 Å². The number of fused-ring (bicyclic) bond motifs is 1. The number of aliphatic imine (C=N–C) groups is 1. The molecule has 0 spiro atoms. The van der Waals surface area contributed by atoms with E-state index in [2.05, 4.69) is 58.2 Å². The Morgan fingerprint density at radius 1 is 1.15 bits per heavy atom. The normalized spacial score (nSPS) is 19.7. The van der Waals surface area contributed by atoms with Gasteiger partial charge in [-0.3, -0.25) is 9.89 Å². The van der Waals surface area contributed by atoms with Crippen molar-refractivity contribution >= 4 is 29.9 Å². The fraction of sp³-hybridized carbons (Fsp3) is 0.650. The molecule has 1 aromatic rings. The third-order valence-corrected chi connectivity index (χ3v) is 5.40. The molecule has 146 valence electrons. The van der Waals surface area contributed by atoms with Crippen LogP contribution in [0.5, 0.6) is 0 Å². The molecule has 1 aromatic carbocycles. The topological polar surface area (TPSA) is 40.1 Å². The fourth-order valence-corrected chi connectivity index (χ4v) is 3.90. The van der Waals surface area contributed by atoms with E-state index >= 15 is 0 Å². The molecule has 5 nitrogen and oxygen atoms in total. The van der Waals surface area contributed by atoms with Crippen LogP contribution in [0.15, 0.2) is 29.3 Å². The molecule has 1 saturated heterocycles. The van der Waals surface area contributed by atoms with E-state index in [-0.39, 0.29) is 24.0 Å². The number of nitrogens with zero attached hydrogens (tertiary/aromatic N) is 3. The van der Waals surface area contributed by atoms with E-state index in [0.29, 0.717) is 12.0 Å². The summed E-state index contributed by atoms with van der Waals surface area (Å²) in [6.45, 7) is 11.3. The van der Waals surface area contributed by atoms with E-state index in [9.17, 15) is 0 Å². The van der Waals surface area contributed by atoms with Gasteiger partial charge in [-0.05, 0) is 23.5 Å². The highest BCUT2D eigenvalue weighted by Gasteiger charge is 2.25. The lowest BCUT2D eigenvalue weighted by atomic mass is 10.00. The van der Waals surface area contributed by atoms with Gasteiger partial charge in [-0.2, -0.15) is 0 Å². The number of benzene rings is 1. The Hall–Kier alpha value is -0.860. The molecule has 0 saturated carbocycles. The Morgan fingerprint density at radius 3 is 2.50 bits per heavy atom. The Morgan fingerprint density at radius 2 is 1.85 bits per heavy atom. The van der Waals surface area contributed by atoms with Gasteiger partial charge in [0.15, 0.2) is 5.96 Å². The minimum absolute atomic E-state index is 0. The van der Waals surface area contributed by atoms with E-state index in [4.69, 9.17) is 4.74 Å². The van der Waals surface area contributed by atoms with Crippen molar-refractivity contribution < 1.29 is 4.74 Å². The molecule has 2 aliphatic rings. The number of ether oxygens (including phenoxy) is 1. The summed E-state index contributed by atoms with van der Waals surface area (Å²) in [6, 6.07) is 9.26. The minimum atomic E-state index is 0. The Balaban J connectivity index is 0.00000243. The molecule has 0 bridgehead atoms. The van der Waals surface area contributed by atoms with E-state index in [1.165, 1.54) is 11.1 Å². The lowest BCUT2D eigenvalue weighted by Gasteiger charge is -2.38. The van der Waals surface area contributed by atoms with Crippen LogP contribution in [0.2, 0.25) is 0 Å². The predicted molar refractivity (Wildman–Crippen MR) is 118 cm³/mol. The molecule has 26 heavy (non-hydrogen) atoms. The van der Waals surface area contributed by atoms with Crippen LogP contribution in [-0.2, 0) is 17.7 Å². The lowest BCUT2D eigenvalue weighted by molar-refractivity contribution is 0.00739. The zero-order valence-corrected chi connectivity index (χ0v) is 18.6. The van der Waals surface area contributed by atoms with Crippen molar-refractivity contribution in [2.75, 3.05) is 46.4 Å². The molecule has 1 N–H and O–H groups in total. The molecule has 1 fully saturated rings. The molecule has 2 aliphatic heterocycles. The number of halogens is 1. The van der Waals surface area contributed by atoms with Crippen molar-refractivity contribution in [2.45, 2.75) is 32.9 Å². The standard InChI is InChI=1S/C20H32N4O.HI/c1-16(2)19(23-10-12-25-13-11-23)14-22-20(21-3)24-9-8-17-6-4-5-7-18(17)15-24;/h4-7,16,19H,8-15H2,1-3H3,(H,21,22);1H. The molecule has 0 aliphatic carbocycles. The number of hydrogen-bond acceptors (Lipinski definition) is 3. The van der Waals surface area contributed by atoms with Crippen LogP contribution >= 0.6 is 24.0 Å². The van der Waals surface area contributed by atoms with Gasteiger partial charge in [0.2, 0.25) is 0 Å². The first-order valence-electron chi connectivity index (χ1n) is 9.53. The average Bonchev–Trinajstić information content (AvgIpc) is 2.65. The third-order valence-electron chi connectivity index (χ3n) is 5.40.